The first-order chi connectivity index (χ1) is 27.5. The zero-order chi connectivity index (χ0) is 41.4. The summed E-state index contributed by atoms with van der Waals surface area (Å²) in [5.41, 5.74) is -0.0546. The van der Waals surface area contributed by atoms with E-state index in [0.717, 1.165) is 80.2 Å². The van der Waals surface area contributed by atoms with Crippen molar-refractivity contribution in [2.45, 2.75) is 206 Å². The SMILES string of the molecule is CC(C)CCCCCCCC(CCCCCCCC(C)C)(c1ccccc1)C(O)(CCCCCCCC(C)C)C(OC(C)CO)(c1ccccc1)c1ccccc1. The molecule has 2 N–H and O–H groups in total. The van der Waals surface area contributed by atoms with Crippen LogP contribution in [0.3, 0.4) is 0 Å². The van der Waals surface area contributed by atoms with E-state index in [9.17, 15) is 10.2 Å². The molecule has 3 aromatic carbocycles. The van der Waals surface area contributed by atoms with Crippen LogP contribution in [-0.4, -0.2) is 28.5 Å². The largest absolute Gasteiger partial charge is 0.394 e. The molecule has 0 bridgehead atoms. The van der Waals surface area contributed by atoms with Gasteiger partial charge >= 0.3 is 0 Å². The van der Waals surface area contributed by atoms with Gasteiger partial charge in [0.2, 0.25) is 0 Å². The summed E-state index contributed by atoms with van der Waals surface area (Å²) >= 11 is 0. The zero-order valence-electron chi connectivity index (χ0n) is 37.8. The van der Waals surface area contributed by atoms with Gasteiger partial charge in [-0.05, 0) is 60.6 Å². The highest BCUT2D eigenvalue weighted by Gasteiger charge is 2.64. The number of unbranched alkanes of at least 4 members (excludes halogenated alkanes) is 12. The summed E-state index contributed by atoms with van der Waals surface area (Å²) < 4.78 is 7.44. The van der Waals surface area contributed by atoms with Crippen molar-refractivity contribution in [1.29, 1.82) is 0 Å². The lowest BCUT2D eigenvalue weighted by Gasteiger charge is -2.59. The Morgan fingerprint density at radius 1 is 0.421 bits per heavy atom. The van der Waals surface area contributed by atoms with Crippen LogP contribution < -0.4 is 0 Å². The Labute approximate surface area is 351 Å². The van der Waals surface area contributed by atoms with E-state index >= 15 is 0 Å². The predicted molar refractivity (Wildman–Crippen MR) is 246 cm³/mol. The minimum Gasteiger partial charge on any atom is -0.394 e. The molecule has 0 aliphatic carbocycles. The highest BCUT2D eigenvalue weighted by Crippen LogP contribution is 2.59. The number of rotatable bonds is 32. The standard InChI is InChI=1S/C54H86O3/c1-45(2)32-20-11-8-14-29-41-52(49-35-23-17-24-36-49,42-30-15-9-12-21-33-46(3)4)53(56,43-31-16-10-13-22-34-47(5)6)54(57-48(7)44-55,50-37-25-18-26-38-50)51-39-27-19-28-40-51/h17-19,23-28,35-40,45-48,55-56H,8-16,20-22,29-34,41-44H2,1-7H3. The molecular formula is C54H86O3. The van der Waals surface area contributed by atoms with E-state index in [0.29, 0.717) is 6.42 Å². The molecule has 0 aliphatic heterocycles. The molecular weight excluding hydrogens is 697 g/mol. The molecule has 2 atom stereocenters. The first-order valence-electron chi connectivity index (χ1n) is 23.7. The van der Waals surface area contributed by atoms with Crippen molar-refractivity contribution in [2.75, 3.05) is 6.61 Å². The fourth-order valence-corrected chi connectivity index (χ4v) is 9.62. The molecule has 320 valence electrons. The quantitative estimate of drug-likeness (QED) is 0.0620. The third-order valence-electron chi connectivity index (χ3n) is 12.8. The van der Waals surface area contributed by atoms with Crippen molar-refractivity contribution in [3.05, 3.63) is 108 Å². The van der Waals surface area contributed by atoms with Gasteiger partial charge in [-0.1, -0.05) is 248 Å². The Morgan fingerprint density at radius 2 is 0.737 bits per heavy atom. The Bertz CT molecular complexity index is 1340. The van der Waals surface area contributed by atoms with E-state index in [4.69, 9.17) is 4.74 Å². The van der Waals surface area contributed by atoms with Gasteiger partial charge in [0.1, 0.15) is 11.2 Å². The lowest BCUT2D eigenvalue weighted by atomic mass is 9.52. The van der Waals surface area contributed by atoms with Crippen LogP contribution in [0, 0.1) is 17.8 Å². The van der Waals surface area contributed by atoms with Crippen LogP contribution in [0.1, 0.15) is 200 Å². The Balaban J connectivity index is 2.26. The van der Waals surface area contributed by atoms with E-state index < -0.39 is 22.7 Å². The Kier molecular flexibility index (Phi) is 22.8. The van der Waals surface area contributed by atoms with E-state index in [2.05, 4.69) is 133 Å². The number of aliphatic hydroxyl groups is 2. The van der Waals surface area contributed by atoms with Crippen molar-refractivity contribution >= 4 is 0 Å². The molecule has 3 rings (SSSR count). The molecule has 0 aliphatic rings. The molecule has 3 heteroatoms. The fraction of sp³-hybridized carbons (Fsp3) is 0.667. The van der Waals surface area contributed by atoms with Crippen LogP contribution in [0.2, 0.25) is 0 Å². The van der Waals surface area contributed by atoms with Crippen LogP contribution in [0.4, 0.5) is 0 Å². The lowest BCUT2D eigenvalue weighted by molar-refractivity contribution is -0.232. The van der Waals surface area contributed by atoms with Gasteiger partial charge < -0.3 is 14.9 Å². The van der Waals surface area contributed by atoms with Crippen LogP contribution in [0.25, 0.3) is 0 Å². The minimum atomic E-state index is -1.35. The number of ether oxygens (including phenoxy) is 1. The summed E-state index contributed by atoms with van der Waals surface area (Å²) in [4.78, 5) is 0. The van der Waals surface area contributed by atoms with Crippen molar-refractivity contribution in [1.82, 2.24) is 0 Å². The van der Waals surface area contributed by atoms with E-state index in [1.165, 1.54) is 82.6 Å². The maximum Gasteiger partial charge on any atom is 0.148 e. The van der Waals surface area contributed by atoms with Crippen molar-refractivity contribution in [3.63, 3.8) is 0 Å². The number of hydrogen-bond donors (Lipinski definition) is 2. The number of hydrogen-bond acceptors (Lipinski definition) is 3. The van der Waals surface area contributed by atoms with Crippen LogP contribution in [0.15, 0.2) is 91.0 Å². The summed E-state index contributed by atoms with van der Waals surface area (Å²) in [5, 5.41) is 25.6. The molecule has 3 aromatic rings. The summed E-state index contributed by atoms with van der Waals surface area (Å²) in [6.07, 6.45) is 23.4. The van der Waals surface area contributed by atoms with Crippen molar-refractivity contribution in [3.8, 4) is 0 Å². The normalized spacial score (nSPS) is 14.1. The Hall–Kier alpha value is -2.46. The van der Waals surface area contributed by atoms with Gasteiger partial charge in [-0.25, -0.2) is 0 Å². The predicted octanol–water partition coefficient (Wildman–Crippen LogP) is 15.2. The average Bonchev–Trinajstić information content (AvgIpc) is 3.21. The van der Waals surface area contributed by atoms with Gasteiger partial charge in [-0.15, -0.1) is 0 Å². The van der Waals surface area contributed by atoms with E-state index in [1.807, 2.05) is 6.92 Å². The maximum absolute atomic E-state index is 14.8. The smallest absolute Gasteiger partial charge is 0.148 e. The molecule has 57 heavy (non-hydrogen) atoms. The molecule has 0 heterocycles. The number of benzene rings is 3. The fourth-order valence-electron chi connectivity index (χ4n) is 9.62. The topological polar surface area (TPSA) is 49.7 Å². The van der Waals surface area contributed by atoms with E-state index in [-0.39, 0.29) is 6.61 Å². The van der Waals surface area contributed by atoms with Crippen molar-refractivity contribution < 1.29 is 14.9 Å². The first kappa shape index (κ1) is 48.9. The second kappa shape index (κ2) is 26.6. The lowest BCUT2D eigenvalue weighted by Crippen LogP contribution is -2.66. The third kappa shape index (κ3) is 14.9. The molecule has 0 saturated heterocycles. The van der Waals surface area contributed by atoms with Gasteiger partial charge in [-0.2, -0.15) is 0 Å². The minimum absolute atomic E-state index is 0.127. The van der Waals surface area contributed by atoms with Gasteiger partial charge in [0.15, 0.2) is 0 Å². The second-order valence-electron chi connectivity index (χ2n) is 18.9. The van der Waals surface area contributed by atoms with Crippen LogP contribution >= 0.6 is 0 Å². The summed E-state index contributed by atoms with van der Waals surface area (Å²) in [5.74, 6) is 2.23. The second-order valence-corrected chi connectivity index (χ2v) is 18.9. The van der Waals surface area contributed by atoms with E-state index in [1.54, 1.807) is 0 Å². The molecule has 0 fully saturated rings. The molecule has 0 aromatic heterocycles. The number of aliphatic hydroxyl groups excluding tert-OH is 1. The van der Waals surface area contributed by atoms with Crippen LogP contribution in [-0.2, 0) is 15.8 Å². The molecule has 0 spiro atoms. The highest BCUT2D eigenvalue weighted by molar-refractivity contribution is 5.46. The van der Waals surface area contributed by atoms with Crippen molar-refractivity contribution in [2.24, 2.45) is 17.8 Å². The van der Waals surface area contributed by atoms with Gasteiger partial charge in [0, 0.05) is 5.41 Å². The van der Waals surface area contributed by atoms with Gasteiger partial charge in [0.05, 0.1) is 12.7 Å². The van der Waals surface area contributed by atoms with Crippen LogP contribution in [0.5, 0.6) is 0 Å². The summed E-state index contributed by atoms with van der Waals surface area (Å²) in [7, 11) is 0. The molecule has 2 unspecified atom stereocenters. The molecule has 0 amide bonds. The van der Waals surface area contributed by atoms with Gasteiger partial charge in [-0.3, -0.25) is 0 Å². The highest BCUT2D eigenvalue weighted by atomic mass is 16.5. The summed E-state index contributed by atoms with van der Waals surface area (Å²) in [6, 6.07) is 32.2. The molecule has 0 saturated carbocycles. The molecule has 0 radical (unpaired) electrons. The zero-order valence-corrected chi connectivity index (χ0v) is 37.8. The maximum atomic E-state index is 14.8. The first-order valence-corrected chi connectivity index (χ1v) is 23.7. The monoisotopic (exact) mass is 783 g/mol. The van der Waals surface area contributed by atoms with Gasteiger partial charge in [0.25, 0.3) is 0 Å². The third-order valence-corrected chi connectivity index (χ3v) is 12.8. The average molecular weight is 783 g/mol. The molecule has 3 nitrogen and oxygen atoms in total. The summed E-state index contributed by atoms with van der Waals surface area (Å²) in [6.45, 7) is 15.8. The Morgan fingerprint density at radius 3 is 1.09 bits per heavy atom.